The first kappa shape index (κ1) is 92.3. The number of benzene rings is 1. The molecule has 13 aromatic rings. The zero-order valence-electron chi connectivity index (χ0n) is 70.4. The van der Waals surface area contributed by atoms with Crippen LogP contribution in [-0.4, -0.2) is 52.1 Å². The van der Waals surface area contributed by atoms with Crippen LogP contribution in [0.2, 0.25) is 0 Å². The van der Waals surface area contributed by atoms with Crippen molar-refractivity contribution in [2.45, 2.75) is 241 Å². The number of rotatable bonds is 0. The molecule has 0 unspecified atom stereocenters. The molecule has 104 heavy (non-hydrogen) atoms. The zero-order valence-corrected chi connectivity index (χ0v) is 70.4. The Labute approximate surface area is 628 Å². The number of hydrogen-bond donors (Lipinski definition) is 0. The van der Waals surface area contributed by atoms with E-state index in [1.165, 1.54) is 132 Å². The second-order valence-corrected chi connectivity index (χ2v) is 23.4. The molecule has 0 saturated heterocycles. The fourth-order valence-electron chi connectivity index (χ4n) is 12.3. The Morgan fingerprint density at radius 2 is 0.740 bits per heavy atom. The maximum absolute atomic E-state index is 4.26. The van der Waals surface area contributed by atoms with Gasteiger partial charge in [-0.2, -0.15) is 5.10 Å². The second-order valence-electron chi connectivity index (χ2n) is 23.4. The maximum Gasteiger partial charge on any atom is 0.137 e. The Bertz CT molecular complexity index is 4400. The monoisotopic (exact) mass is 1400 g/mol. The molecule has 12 heterocycles. The molecule has 0 atom stereocenters. The van der Waals surface area contributed by atoms with E-state index in [1.807, 2.05) is 202 Å². The molecule has 560 valence electrons. The summed E-state index contributed by atoms with van der Waals surface area (Å²) < 4.78 is 10.6. The Kier molecular flexibility index (Phi) is 44.2. The second kappa shape index (κ2) is 49.8. The van der Waals surface area contributed by atoms with Gasteiger partial charge in [-0.3, -0.25) is 15.0 Å². The molecule has 3 aliphatic carbocycles. The summed E-state index contributed by atoms with van der Waals surface area (Å²) >= 11 is 0. The highest BCUT2D eigenvalue weighted by Crippen LogP contribution is 2.16. The Morgan fingerprint density at radius 1 is 0.288 bits per heavy atom. The first-order valence-electron chi connectivity index (χ1n) is 38.4. The smallest absolute Gasteiger partial charge is 0.137 e. The quantitative estimate of drug-likeness (QED) is 0.150. The fourth-order valence-corrected chi connectivity index (χ4v) is 12.3. The van der Waals surface area contributed by atoms with Crippen LogP contribution in [0, 0.1) is 90.0 Å². The minimum atomic E-state index is 1.03. The van der Waals surface area contributed by atoms with E-state index in [2.05, 4.69) is 261 Å². The summed E-state index contributed by atoms with van der Waals surface area (Å²) in [5, 5.41) is 12.5. The van der Waals surface area contributed by atoms with Gasteiger partial charge in [-0.1, -0.05) is 170 Å². The highest BCUT2D eigenvalue weighted by molar-refractivity contribution is 5.61. The van der Waals surface area contributed by atoms with Gasteiger partial charge in [-0.05, 0) is 269 Å². The van der Waals surface area contributed by atoms with Gasteiger partial charge >= 0.3 is 0 Å². The average molecular weight is 1410 g/mol. The van der Waals surface area contributed by atoms with Crippen LogP contribution in [-0.2, 0) is 0 Å². The number of fused-ring (bicyclic) bond motifs is 8. The van der Waals surface area contributed by atoms with Crippen LogP contribution in [0.4, 0.5) is 0 Å². The predicted molar refractivity (Wildman–Crippen MR) is 458 cm³/mol. The molecule has 11 nitrogen and oxygen atoms in total. The number of aryl methyl sites for hydroxylation is 13. The van der Waals surface area contributed by atoms with Crippen LogP contribution < -0.4 is 31.3 Å². The molecular weight excluding hydrogens is 1270 g/mol. The van der Waals surface area contributed by atoms with Crippen LogP contribution in [0.15, 0.2) is 171 Å². The lowest BCUT2D eigenvalue weighted by atomic mass is 10.1. The van der Waals surface area contributed by atoms with Crippen LogP contribution in [0.1, 0.15) is 224 Å². The molecule has 1 aromatic carbocycles. The highest BCUT2D eigenvalue weighted by atomic mass is 15.2. The van der Waals surface area contributed by atoms with Crippen LogP contribution in [0.25, 0.3) is 62.7 Å². The van der Waals surface area contributed by atoms with E-state index < -0.39 is 0 Å². The normalized spacial score (nSPS) is 10.8. The fraction of sp³-hybridized carbons (Fsp3) is 0.376. The van der Waals surface area contributed by atoms with Gasteiger partial charge in [0.25, 0.3) is 0 Å². The summed E-state index contributed by atoms with van der Waals surface area (Å²) in [5.41, 5.74) is 25.6. The molecule has 0 N–H and O–H groups in total. The van der Waals surface area contributed by atoms with Crippen molar-refractivity contribution in [3.8, 4) is 0 Å². The van der Waals surface area contributed by atoms with E-state index in [0.717, 1.165) is 36.4 Å². The minimum absolute atomic E-state index is 1.03. The molecule has 0 radical (unpaired) electrons. The number of hydrogen-bond acceptors (Lipinski definition) is 6. The van der Waals surface area contributed by atoms with Crippen molar-refractivity contribution in [3.63, 3.8) is 0 Å². The van der Waals surface area contributed by atoms with Gasteiger partial charge in [0.05, 0.1) is 17.2 Å². The number of aromatic nitrogens is 11. The molecule has 0 spiro atoms. The first-order chi connectivity index (χ1) is 50.3. The third-order valence-corrected chi connectivity index (χ3v) is 16.6. The molecule has 16 rings (SSSR count). The predicted octanol–water partition coefficient (Wildman–Crippen LogP) is 21.4. The maximum atomic E-state index is 4.26. The van der Waals surface area contributed by atoms with Crippen molar-refractivity contribution in [1.29, 1.82) is 0 Å². The molecule has 0 aliphatic heterocycles. The number of pyridine rings is 3. The van der Waals surface area contributed by atoms with E-state index in [0.29, 0.717) is 0 Å². The van der Waals surface area contributed by atoms with Crippen molar-refractivity contribution in [1.82, 2.24) is 52.1 Å². The van der Waals surface area contributed by atoms with Gasteiger partial charge < -0.3 is 17.6 Å². The molecular formula is C93H133N11. The van der Waals surface area contributed by atoms with Crippen molar-refractivity contribution in [2.75, 3.05) is 0 Å². The van der Waals surface area contributed by atoms with Crippen molar-refractivity contribution < 1.29 is 0 Å². The van der Waals surface area contributed by atoms with E-state index in [-0.39, 0.29) is 0 Å². The summed E-state index contributed by atoms with van der Waals surface area (Å²) in [6, 6.07) is 39.8. The van der Waals surface area contributed by atoms with E-state index >= 15 is 0 Å². The molecule has 0 saturated carbocycles. The minimum Gasteiger partial charge on any atom is -0.319 e. The molecule has 0 amide bonds. The standard InChI is InChI=1S/C11H12.3C10H11N.4C9H10N2.8C2H6/c1-8-4-3-5-10-7-6-9(2)11(8)10;1-7-3-4-9-6-11-5-8(2)10(7)9;1-7-3-4-9-5-6-11-8(2)10(7)9;1-8-4-3-5-10-7-6-9(2)11(8)10;1-7-3-5-10-11-6-4-8(2)9(7)11;1-7-3-4-9-6-10-5-8(2)11(7)9;1-7-3-4-9-5-6-10-8(2)11(7)9;1-7-3-4-9-10-6-5-8(2)11(7)9;8*1-2/h3-5,7H,6H2,1-2H3;2*4-6H,3H2,1-2H3;3-7H,1-2H3;4*3-6H,1-2H3;8*1-2H3. The summed E-state index contributed by atoms with van der Waals surface area (Å²) in [4.78, 5) is 20.9. The Morgan fingerprint density at radius 3 is 1.28 bits per heavy atom. The van der Waals surface area contributed by atoms with E-state index in [1.54, 1.807) is 0 Å². The van der Waals surface area contributed by atoms with Crippen LogP contribution >= 0.6 is 0 Å². The third-order valence-electron chi connectivity index (χ3n) is 16.6. The van der Waals surface area contributed by atoms with Gasteiger partial charge in [0.15, 0.2) is 0 Å². The van der Waals surface area contributed by atoms with Gasteiger partial charge in [-0.25, -0.2) is 14.5 Å². The van der Waals surface area contributed by atoms with Crippen LogP contribution in [0.5, 0.6) is 0 Å². The topological polar surface area (TPSA) is 99.4 Å². The molecule has 12 aromatic heterocycles. The third kappa shape index (κ3) is 25.3. The lowest BCUT2D eigenvalue weighted by Crippen LogP contribution is -2.26. The van der Waals surface area contributed by atoms with Gasteiger partial charge in [-0.15, -0.1) is 0 Å². The summed E-state index contributed by atoms with van der Waals surface area (Å²) in [6.45, 7) is 65.8. The van der Waals surface area contributed by atoms with Gasteiger partial charge in [0.2, 0.25) is 0 Å². The Hall–Kier alpha value is -9.74. The van der Waals surface area contributed by atoms with Gasteiger partial charge in [0, 0.05) is 111 Å². The van der Waals surface area contributed by atoms with Crippen molar-refractivity contribution in [3.05, 3.63) is 276 Å². The number of nitrogens with zero attached hydrogens (tertiary/aromatic N) is 11. The van der Waals surface area contributed by atoms with Gasteiger partial charge in [0.1, 0.15) is 11.5 Å². The first-order valence-corrected chi connectivity index (χ1v) is 38.4. The summed E-state index contributed by atoms with van der Waals surface area (Å²) in [7, 11) is 0. The highest BCUT2D eigenvalue weighted by Gasteiger charge is 2.06. The van der Waals surface area contributed by atoms with Crippen molar-refractivity contribution in [2.24, 2.45) is 0 Å². The van der Waals surface area contributed by atoms with Crippen LogP contribution in [0.3, 0.4) is 0 Å². The average Bonchev–Trinajstić information content (AvgIpc) is 1.75. The molecule has 3 aliphatic rings. The molecule has 0 fully saturated rings. The lowest BCUT2D eigenvalue weighted by Gasteiger charge is -2.01. The summed E-state index contributed by atoms with van der Waals surface area (Å²) in [6.07, 6.45) is 27.1. The largest absolute Gasteiger partial charge is 0.319 e. The zero-order chi connectivity index (χ0) is 78.8. The molecule has 11 heteroatoms. The van der Waals surface area contributed by atoms with E-state index in [4.69, 9.17) is 0 Å². The van der Waals surface area contributed by atoms with E-state index in [9.17, 15) is 0 Å². The molecule has 0 bridgehead atoms. The summed E-state index contributed by atoms with van der Waals surface area (Å²) in [5.74, 6) is 1.05. The van der Waals surface area contributed by atoms with Crippen molar-refractivity contribution >= 4 is 62.7 Å². The lowest BCUT2D eigenvalue weighted by molar-refractivity contribution is 0.932. The Balaban J connectivity index is 0.000000578. The SMILES string of the molecule is CC.CC.CC.CC.CC.CC.CC.CC.CC1=c2c(C)cccc2=CC1.CC1=c2c(C)cncc2=CC1.CC1=c2c(C)nccc2=CC1.Cc1ccc2ccnc(C)n12.Cc1ccc2cncc(C)n12.Cc1cccc2ccc(C)n12.Cc1ccnc2ccc(C)n12.Cc1ccnn2ccc(C)c12.